The first-order chi connectivity index (χ1) is 7.72. The second kappa shape index (κ2) is 4.63. The molecule has 0 spiro atoms. The topological polar surface area (TPSA) is 75.9 Å². The fourth-order valence-electron chi connectivity index (χ4n) is 1.42. The molecule has 0 radical (unpaired) electrons. The standard InChI is InChI=1S/C9H12ClN5O/c1-15-8-6(5-12-15)7(11-3-2-4-16)13-9(10)14-8/h5,16H,2-4H2,1H3,(H,11,13,14). The summed E-state index contributed by atoms with van der Waals surface area (Å²) < 4.78 is 1.64. The number of nitrogens with one attached hydrogen (secondary N) is 1. The van der Waals surface area contributed by atoms with E-state index < -0.39 is 0 Å². The number of aromatic nitrogens is 4. The lowest BCUT2D eigenvalue weighted by Crippen LogP contribution is -2.06. The molecule has 0 bridgehead atoms. The molecule has 2 N–H and O–H groups in total. The van der Waals surface area contributed by atoms with Crippen LogP contribution in [-0.2, 0) is 7.05 Å². The van der Waals surface area contributed by atoms with Gasteiger partial charge in [-0.25, -0.2) is 0 Å². The van der Waals surface area contributed by atoms with Crippen LogP contribution in [0, 0.1) is 0 Å². The number of halogens is 1. The Morgan fingerprint density at radius 1 is 1.50 bits per heavy atom. The van der Waals surface area contributed by atoms with E-state index in [4.69, 9.17) is 16.7 Å². The summed E-state index contributed by atoms with van der Waals surface area (Å²) in [6.45, 7) is 0.774. The Morgan fingerprint density at radius 3 is 3.06 bits per heavy atom. The predicted molar refractivity (Wildman–Crippen MR) is 61.5 cm³/mol. The van der Waals surface area contributed by atoms with Gasteiger partial charge in [0.1, 0.15) is 5.82 Å². The summed E-state index contributed by atoms with van der Waals surface area (Å²) in [6, 6.07) is 0. The third kappa shape index (κ3) is 2.07. The minimum absolute atomic E-state index is 0.141. The summed E-state index contributed by atoms with van der Waals surface area (Å²) in [5.41, 5.74) is 0.687. The summed E-state index contributed by atoms with van der Waals surface area (Å²) in [7, 11) is 1.79. The molecule has 0 aliphatic heterocycles. The Labute approximate surface area is 97.3 Å². The lowest BCUT2D eigenvalue weighted by Gasteiger charge is -2.05. The minimum Gasteiger partial charge on any atom is -0.396 e. The SMILES string of the molecule is Cn1ncc2c(NCCCO)nc(Cl)nc21. The van der Waals surface area contributed by atoms with Gasteiger partial charge < -0.3 is 10.4 Å². The summed E-state index contributed by atoms with van der Waals surface area (Å²) >= 11 is 5.81. The number of aryl methyl sites for hydroxylation is 1. The van der Waals surface area contributed by atoms with Gasteiger partial charge in [0.2, 0.25) is 5.28 Å². The summed E-state index contributed by atoms with van der Waals surface area (Å²) in [5, 5.41) is 16.9. The molecule has 0 aliphatic carbocycles. The maximum atomic E-state index is 8.70. The Bertz CT molecular complexity index is 498. The van der Waals surface area contributed by atoms with Crippen molar-refractivity contribution in [2.24, 2.45) is 7.05 Å². The Kier molecular flexibility index (Phi) is 3.21. The minimum atomic E-state index is 0.141. The van der Waals surface area contributed by atoms with E-state index in [2.05, 4.69) is 20.4 Å². The number of nitrogens with zero attached hydrogens (tertiary/aromatic N) is 4. The summed E-state index contributed by atoms with van der Waals surface area (Å²) in [4.78, 5) is 8.18. The third-order valence-corrected chi connectivity index (χ3v) is 2.36. The van der Waals surface area contributed by atoms with Crippen LogP contribution in [0.1, 0.15) is 6.42 Å². The van der Waals surface area contributed by atoms with Crippen molar-refractivity contribution in [1.29, 1.82) is 0 Å². The molecule has 7 heteroatoms. The quantitative estimate of drug-likeness (QED) is 0.612. The number of hydrogen-bond acceptors (Lipinski definition) is 5. The molecular formula is C9H12ClN5O. The first kappa shape index (κ1) is 11.1. The van der Waals surface area contributed by atoms with E-state index in [1.54, 1.807) is 17.9 Å². The maximum absolute atomic E-state index is 8.70. The predicted octanol–water partition coefficient (Wildman–Crippen LogP) is 0.811. The molecule has 0 atom stereocenters. The van der Waals surface area contributed by atoms with Gasteiger partial charge in [-0.3, -0.25) is 4.68 Å². The maximum Gasteiger partial charge on any atom is 0.226 e. The molecule has 16 heavy (non-hydrogen) atoms. The summed E-state index contributed by atoms with van der Waals surface area (Å²) in [6.07, 6.45) is 2.34. The molecule has 2 rings (SSSR count). The molecule has 0 aliphatic rings. The lowest BCUT2D eigenvalue weighted by molar-refractivity contribution is 0.292. The Balaban J connectivity index is 2.35. The molecular weight excluding hydrogens is 230 g/mol. The van der Waals surface area contributed by atoms with Gasteiger partial charge in [-0.2, -0.15) is 15.1 Å². The number of fused-ring (bicyclic) bond motifs is 1. The van der Waals surface area contributed by atoms with Gasteiger partial charge in [0.05, 0.1) is 11.6 Å². The highest BCUT2D eigenvalue weighted by molar-refractivity contribution is 6.28. The molecule has 0 amide bonds. The van der Waals surface area contributed by atoms with Gasteiger partial charge in [0.25, 0.3) is 0 Å². The molecule has 86 valence electrons. The second-order valence-electron chi connectivity index (χ2n) is 3.35. The van der Waals surface area contributed by atoms with Crippen molar-refractivity contribution in [3.05, 3.63) is 11.5 Å². The highest BCUT2D eigenvalue weighted by Crippen LogP contribution is 2.20. The lowest BCUT2D eigenvalue weighted by atomic mass is 10.3. The van der Waals surface area contributed by atoms with Crippen LogP contribution < -0.4 is 5.32 Å². The highest BCUT2D eigenvalue weighted by Gasteiger charge is 2.09. The van der Waals surface area contributed by atoms with Gasteiger partial charge in [-0.15, -0.1) is 0 Å². The van der Waals surface area contributed by atoms with E-state index in [0.717, 1.165) is 5.39 Å². The van der Waals surface area contributed by atoms with E-state index in [-0.39, 0.29) is 11.9 Å². The zero-order valence-corrected chi connectivity index (χ0v) is 9.57. The molecule has 0 aromatic carbocycles. The van der Waals surface area contributed by atoms with Gasteiger partial charge >= 0.3 is 0 Å². The second-order valence-corrected chi connectivity index (χ2v) is 3.69. The van der Waals surface area contributed by atoms with Crippen LogP contribution >= 0.6 is 11.6 Å². The Hall–Kier alpha value is -1.40. The van der Waals surface area contributed by atoms with Gasteiger partial charge in [-0.1, -0.05) is 0 Å². The zero-order valence-electron chi connectivity index (χ0n) is 8.81. The van der Waals surface area contributed by atoms with Gasteiger partial charge in [0.15, 0.2) is 5.65 Å². The van der Waals surface area contributed by atoms with Gasteiger partial charge in [0, 0.05) is 20.2 Å². The molecule has 2 aromatic rings. The van der Waals surface area contributed by atoms with Crippen LogP contribution in [0.5, 0.6) is 0 Å². The molecule has 6 nitrogen and oxygen atoms in total. The largest absolute Gasteiger partial charge is 0.396 e. The number of aliphatic hydroxyl groups is 1. The van der Waals surface area contributed by atoms with Crippen molar-refractivity contribution < 1.29 is 5.11 Å². The first-order valence-electron chi connectivity index (χ1n) is 4.92. The number of anilines is 1. The van der Waals surface area contributed by atoms with E-state index in [0.29, 0.717) is 24.4 Å². The summed E-state index contributed by atoms with van der Waals surface area (Å²) in [5.74, 6) is 0.650. The molecule has 2 heterocycles. The van der Waals surface area contributed by atoms with Crippen LogP contribution in [-0.4, -0.2) is 38.0 Å². The molecule has 0 fully saturated rings. The van der Waals surface area contributed by atoms with Crippen molar-refractivity contribution in [1.82, 2.24) is 19.7 Å². The molecule has 0 saturated heterocycles. The van der Waals surface area contributed by atoms with Crippen LogP contribution in [0.15, 0.2) is 6.20 Å². The van der Waals surface area contributed by atoms with E-state index in [1.165, 1.54) is 0 Å². The van der Waals surface area contributed by atoms with Crippen LogP contribution in [0.3, 0.4) is 0 Å². The van der Waals surface area contributed by atoms with Crippen molar-refractivity contribution in [2.75, 3.05) is 18.5 Å². The van der Waals surface area contributed by atoms with Crippen LogP contribution in [0.4, 0.5) is 5.82 Å². The number of aliphatic hydroxyl groups excluding tert-OH is 1. The molecule has 2 aromatic heterocycles. The van der Waals surface area contributed by atoms with Crippen molar-refractivity contribution >= 4 is 28.5 Å². The van der Waals surface area contributed by atoms with Crippen molar-refractivity contribution in [3.8, 4) is 0 Å². The molecule has 0 saturated carbocycles. The van der Waals surface area contributed by atoms with E-state index in [1.807, 2.05) is 0 Å². The fraction of sp³-hybridized carbons (Fsp3) is 0.444. The van der Waals surface area contributed by atoms with E-state index in [9.17, 15) is 0 Å². The normalized spacial score (nSPS) is 10.9. The average molecular weight is 242 g/mol. The van der Waals surface area contributed by atoms with Crippen molar-refractivity contribution in [2.45, 2.75) is 6.42 Å². The van der Waals surface area contributed by atoms with Crippen LogP contribution in [0.25, 0.3) is 11.0 Å². The monoisotopic (exact) mass is 241 g/mol. The van der Waals surface area contributed by atoms with Crippen molar-refractivity contribution in [3.63, 3.8) is 0 Å². The Morgan fingerprint density at radius 2 is 2.31 bits per heavy atom. The first-order valence-corrected chi connectivity index (χ1v) is 5.30. The zero-order chi connectivity index (χ0) is 11.5. The third-order valence-electron chi connectivity index (χ3n) is 2.19. The fourth-order valence-corrected chi connectivity index (χ4v) is 1.58. The average Bonchev–Trinajstić information content (AvgIpc) is 2.61. The van der Waals surface area contributed by atoms with Crippen LogP contribution in [0.2, 0.25) is 5.28 Å². The number of rotatable bonds is 4. The smallest absolute Gasteiger partial charge is 0.226 e. The number of hydrogen-bond donors (Lipinski definition) is 2. The molecule has 0 unspecified atom stereocenters. The van der Waals surface area contributed by atoms with Gasteiger partial charge in [-0.05, 0) is 18.0 Å². The highest BCUT2D eigenvalue weighted by atomic mass is 35.5. The van der Waals surface area contributed by atoms with E-state index >= 15 is 0 Å².